The first kappa shape index (κ1) is 19.4. The van der Waals surface area contributed by atoms with E-state index >= 15 is 0 Å². The number of imidazole rings is 1. The molecule has 0 bridgehead atoms. The first-order chi connectivity index (χ1) is 15.1. The van der Waals surface area contributed by atoms with Gasteiger partial charge in [0.2, 0.25) is 0 Å². The van der Waals surface area contributed by atoms with E-state index in [0.717, 1.165) is 35.1 Å². The van der Waals surface area contributed by atoms with Crippen LogP contribution in [0.4, 0.5) is 4.79 Å². The Labute approximate surface area is 179 Å². The number of carbonyl (C=O) groups excluding carboxylic acids is 1. The quantitative estimate of drug-likeness (QED) is 0.656. The van der Waals surface area contributed by atoms with Gasteiger partial charge in [-0.2, -0.15) is 0 Å². The molecule has 7 nitrogen and oxygen atoms in total. The molecule has 5 rings (SSSR count). The minimum Gasteiger partial charge on any atom is -0.479 e. The summed E-state index contributed by atoms with van der Waals surface area (Å²) in [7, 11) is 1.72. The number of aliphatic carboxylic acids is 1. The molecule has 1 fully saturated rings. The monoisotopic (exact) mass is 417 g/mol. The molecule has 1 amide bonds. The topological polar surface area (TPSA) is 84.7 Å². The summed E-state index contributed by atoms with van der Waals surface area (Å²) in [6.07, 6.45) is 3.97. The van der Waals surface area contributed by atoms with Crippen molar-refractivity contribution in [2.45, 2.75) is 30.8 Å². The molecule has 7 heteroatoms. The maximum atomic E-state index is 13.2. The van der Waals surface area contributed by atoms with Crippen molar-refractivity contribution >= 4 is 12.1 Å². The van der Waals surface area contributed by atoms with Crippen LogP contribution in [0.15, 0.2) is 61.1 Å². The van der Waals surface area contributed by atoms with Crippen LogP contribution in [-0.4, -0.2) is 44.3 Å². The van der Waals surface area contributed by atoms with Crippen molar-refractivity contribution in [3.8, 4) is 11.1 Å². The normalized spacial score (nSPS) is 15.8. The Morgan fingerprint density at radius 1 is 1.13 bits per heavy atom. The average molecular weight is 417 g/mol. The highest BCUT2D eigenvalue weighted by atomic mass is 16.6. The lowest BCUT2D eigenvalue weighted by Gasteiger charge is -2.29. The molecule has 158 valence electrons. The summed E-state index contributed by atoms with van der Waals surface area (Å²) >= 11 is 0. The molecule has 2 aromatic carbocycles. The third-order valence-electron chi connectivity index (χ3n) is 6.13. The van der Waals surface area contributed by atoms with E-state index in [4.69, 9.17) is 4.74 Å². The molecule has 0 spiro atoms. The van der Waals surface area contributed by atoms with Crippen LogP contribution in [0, 0.1) is 0 Å². The van der Waals surface area contributed by atoms with Crippen molar-refractivity contribution in [2.24, 2.45) is 7.05 Å². The molecule has 1 atom stereocenters. The van der Waals surface area contributed by atoms with Crippen LogP contribution < -0.4 is 0 Å². The van der Waals surface area contributed by atoms with Crippen molar-refractivity contribution in [1.82, 2.24) is 14.5 Å². The van der Waals surface area contributed by atoms with Gasteiger partial charge in [0, 0.05) is 19.0 Å². The zero-order chi connectivity index (χ0) is 21.5. The van der Waals surface area contributed by atoms with Gasteiger partial charge in [0.1, 0.15) is 6.61 Å². The zero-order valence-corrected chi connectivity index (χ0v) is 17.1. The van der Waals surface area contributed by atoms with E-state index in [1.807, 2.05) is 24.3 Å². The molecular formula is C24H23N3O4. The van der Waals surface area contributed by atoms with E-state index < -0.39 is 18.1 Å². The second-order valence-corrected chi connectivity index (χ2v) is 8.11. The highest BCUT2D eigenvalue weighted by molar-refractivity contribution is 5.82. The van der Waals surface area contributed by atoms with Crippen molar-refractivity contribution in [1.29, 1.82) is 0 Å². The molecule has 3 aromatic rings. The fourth-order valence-electron chi connectivity index (χ4n) is 4.51. The molecule has 0 radical (unpaired) electrons. The number of carboxylic acids is 1. The third-order valence-corrected chi connectivity index (χ3v) is 6.13. The third kappa shape index (κ3) is 3.36. The SMILES string of the molecule is Cn1cncc1C(C(=O)O)N(C(=O)OCC1c2ccccc2-c2ccccc21)C1CC1. The van der Waals surface area contributed by atoms with Crippen molar-refractivity contribution < 1.29 is 19.4 Å². The van der Waals surface area contributed by atoms with E-state index in [0.29, 0.717) is 5.69 Å². The average Bonchev–Trinajstić information content (AvgIpc) is 3.44. The minimum absolute atomic E-state index is 0.0719. The second kappa shape index (κ2) is 7.58. The summed E-state index contributed by atoms with van der Waals surface area (Å²) in [6.45, 7) is 0.161. The van der Waals surface area contributed by atoms with Crippen LogP contribution in [0.1, 0.15) is 41.6 Å². The minimum atomic E-state index is -1.13. The van der Waals surface area contributed by atoms with Gasteiger partial charge < -0.3 is 14.4 Å². The Hall–Kier alpha value is -3.61. The number of rotatable bonds is 6. The van der Waals surface area contributed by atoms with Gasteiger partial charge in [-0.3, -0.25) is 4.90 Å². The number of carbonyl (C=O) groups is 2. The smallest absolute Gasteiger partial charge is 0.411 e. The van der Waals surface area contributed by atoms with Crippen LogP contribution in [0.2, 0.25) is 0 Å². The van der Waals surface area contributed by atoms with Gasteiger partial charge in [0.15, 0.2) is 6.04 Å². The molecular weight excluding hydrogens is 394 g/mol. The molecule has 1 saturated carbocycles. The Morgan fingerprint density at radius 3 is 2.26 bits per heavy atom. The van der Waals surface area contributed by atoms with Crippen LogP contribution >= 0.6 is 0 Å². The van der Waals surface area contributed by atoms with Crippen molar-refractivity contribution in [3.63, 3.8) is 0 Å². The zero-order valence-electron chi connectivity index (χ0n) is 17.1. The van der Waals surface area contributed by atoms with Crippen molar-refractivity contribution in [2.75, 3.05) is 6.61 Å². The largest absolute Gasteiger partial charge is 0.479 e. The highest BCUT2D eigenvalue weighted by Crippen LogP contribution is 2.45. The van der Waals surface area contributed by atoms with Gasteiger partial charge >= 0.3 is 12.1 Å². The van der Waals surface area contributed by atoms with E-state index in [1.54, 1.807) is 11.6 Å². The first-order valence-corrected chi connectivity index (χ1v) is 10.4. The van der Waals surface area contributed by atoms with Gasteiger partial charge in [-0.05, 0) is 35.1 Å². The van der Waals surface area contributed by atoms with Gasteiger partial charge in [0.05, 0.1) is 18.2 Å². The second-order valence-electron chi connectivity index (χ2n) is 8.11. The van der Waals surface area contributed by atoms with E-state index in [9.17, 15) is 14.7 Å². The number of aromatic nitrogens is 2. The molecule has 1 heterocycles. The van der Waals surface area contributed by atoms with Gasteiger partial charge in [-0.1, -0.05) is 48.5 Å². The lowest BCUT2D eigenvalue weighted by Crippen LogP contribution is -2.42. The number of hydrogen-bond donors (Lipinski definition) is 1. The van der Waals surface area contributed by atoms with Crippen molar-refractivity contribution in [3.05, 3.63) is 77.9 Å². The number of hydrogen-bond acceptors (Lipinski definition) is 4. The number of nitrogens with zero attached hydrogens (tertiary/aromatic N) is 3. The highest BCUT2D eigenvalue weighted by Gasteiger charge is 2.44. The molecule has 2 aliphatic carbocycles. The van der Waals surface area contributed by atoms with Crippen LogP contribution in [0.5, 0.6) is 0 Å². The van der Waals surface area contributed by atoms with E-state index in [1.165, 1.54) is 17.4 Å². The first-order valence-electron chi connectivity index (χ1n) is 10.4. The summed E-state index contributed by atoms with van der Waals surface area (Å²) in [4.78, 5) is 30.7. The number of aryl methyl sites for hydroxylation is 1. The number of ether oxygens (including phenoxy) is 1. The Kier molecular flexibility index (Phi) is 4.73. The molecule has 31 heavy (non-hydrogen) atoms. The predicted molar refractivity (Wildman–Crippen MR) is 114 cm³/mol. The van der Waals surface area contributed by atoms with Crippen LogP contribution in [0.25, 0.3) is 11.1 Å². The van der Waals surface area contributed by atoms with Gasteiger partial charge in [-0.15, -0.1) is 0 Å². The summed E-state index contributed by atoms with van der Waals surface area (Å²) in [5, 5.41) is 9.91. The van der Waals surface area contributed by atoms with Crippen LogP contribution in [0.3, 0.4) is 0 Å². The molecule has 0 aliphatic heterocycles. The Balaban J connectivity index is 1.40. The van der Waals surface area contributed by atoms with Gasteiger partial charge in [0.25, 0.3) is 0 Å². The summed E-state index contributed by atoms with van der Waals surface area (Å²) in [5.41, 5.74) is 4.99. The Bertz CT molecular complexity index is 1110. The fourth-order valence-corrected chi connectivity index (χ4v) is 4.51. The maximum Gasteiger partial charge on any atom is 0.411 e. The number of carboxylic acid groups (broad SMARTS) is 1. The Morgan fingerprint density at radius 2 is 1.74 bits per heavy atom. The molecule has 2 aliphatic rings. The standard InChI is InChI=1S/C24H23N3O4/c1-26-14-25-12-21(26)22(23(28)29)27(15-10-11-15)24(30)31-13-20-18-8-4-2-6-16(18)17-7-3-5-9-19(17)20/h2-9,12,14-15,20,22H,10-11,13H2,1H3,(H,28,29). The van der Waals surface area contributed by atoms with Crippen LogP contribution in [-0.2, 0) is 16.6 Å². The number of benzene rings is 2. The maximum absolute atomic E-state index is 13.2. The number of amides is 1. The predicted octanol–water partition coefficient (Wildman–Crippen LogP) is 3.96. The molecule has 1 aromatic heterocycles. The molecule has 1 unspecified atom stereocenters. The molecule has 1 N–H and O–H groups in total. The fraction of sp³-hybridized carbons (Fsp3) is 0.292. The lowest BCUT2D eigenvalue weighted by molar-refractivity contribution is -0.143. The lowest BCUT2D eigenvalue weighted by atomic mass is 9.98. The summed E-state index contributed by atoms with van der Waals surface area (Å²) in [5.74, 6) is -1.17. The summed E-state index contributed by atoms with van der Waals surface area (Å²) in [6, 6.07) is 15.0. The number of fused-ring (bicyclic) bond motifs is 3. The van der Waals surface area contributed by atoms with E-state index in [-0.39, 0.29) is 18.6 Å². The molecule has 0 saturated heterocycles. The summed E-state index contributed by atoms with van der Waals surface area (Å²) < 4.78 is 7.40. The van der Waals surface area contributed by atoms with Gasteiger partial charge in [-0.25, -0.2) is 14.6 Å². The van der Waals surface area contributed by atoms with E-state index in [2.05, 4.69) is 29.2 Å².